The topological polar surface area (TPSA) is 62.7 Å². The monoisotopic (exact) mass is 453 g/mol. The summed E-state index contributed by atoms with van der Waals surface area (Å²) in [6.07, 6.45) is 1.57. The zero-order chi connectivity index (χ0) is 17.5. The van der Waals surface area contributed by atoms with E-state index in [0.29, 0.717) is 5.75 Å². The van der Waals surface area contributed by atoms with Crippen molar-refractivity contribution in [1.82, 2.24) is 5.43 Å². The summed E-state index contributed by atoms with van der Waals surface area (Å²) in [6, 6.07) is 11.5. The van der Waals surface area contributed by atoms with Gasteiger partial charge in [-0.05, 0) is 68.6 Å². The third kappa shape index (κ3) is 5.35. The molecule has 0 atom stereocenters. The van der Waals surface area contributed by atoms with Crippen LogP contribution in [0.2, 0.25) is 0 Å². The van der Waals surface area contributed by atoms with Crippen molar-refractivity contribution in [3.05, 3.63) is 56.5 Å². The normalized spacial score (nSPS) is 10.7. The average Bonchev–Trinajstić information content (AvgIpc) is 2.54. The van der Waals surface area contributed by atoms with Crippen molar-refractivity contribution < 1.29 is 9.53 Å². The molecule has 0 aromatic heterocycles. The van der Waals surface area contributed by atoms with Crippen LogP contribution in [0.1, 0.15) is 11.1 Å². The lowest BCUT2D eigenvalue weighted by atomic mass is 10.2. The first-order valence-electron chi connectivity index (χ1n) is 7.15. The van der Waals surface area contributed by atoms with Crippen molar-refractivity contribution in [3.8, 4) is 5.75 Å². The second kappa shape index (κ2) is 8.84. The highest BCUT2D eigenvalue weighted by Gasteiger charge is 2.06. The minimum absolute atomic E-state index is 0.149. The number of hydrogen-bond donors (Lipinski definition) is 2. The second-order valence-electron chi connectivity index (χ2n) is 5.03. The summed E-state index contributed by atoms with van der Waals surface area (Å²) in [7, 11) is 1.60. The molecule has 0 saturated heterocycles. The predicted octanol–water partition coefficient (Wildman–Crippen LogP) is 4.09. The van der Waals surface area contributed by atoms with Crippen molar-refractivity contribution in [1.29, 1.82) is 0 Å². The van der Waals surface area contributed by atoms with E-state index < -0.39 is 0 Å². The molecule has 0 unspecified atom stereocenters. The van der Waals surface area contributed by atoms with Crippen LogP contribution in [-0.4, -0.2) is 25.8 Å². The minimum atomic E-state index is -0.224. The molecule has 0 saturated carbocycles. The molecule has 5 nitrogen and oxygen atoms in total. The molecular weight excluding hydrogens is 438 g/mol. The van der Waals surface area contributed by atoms with Gasteiger partial charge in [0.15, 0.2) is 0 Å². The van der Waals surface area contributed by atoms with Crippen LogP contribution in [0.4, 0.5) is 5.69 Å². The van der Waals surface area contributed by atoms with E-state index in [1.165, 1.54) is 5.56 Å². The molecule has 0 aliphatic rings. The Bertz CT molecular complexity index is 723. The molecule has 2 rings (SSSR count). The quantitative estimate of drug-likeness (QED) is 0.510. The van der Waals surface area contributed by atoms with E-state index in [9.17, 15) is 4.79 Å². The fraction of sp³-hybridized carbons (Fsp3) is 0.176. The summed E-state index contributed by atoms with van der Waals surface area (Å²) >= 11 is 6.84. The van der Waals surface area contributed by atoms with Crippen LogP contribution in [0.5, 0.6) is 5.75 Å². The lowest BCUT2D eigenvalue weighted by Gasteiger charge is -2.07. The second-order valence-corrected chi connectivity index (χ2v) is 6.74. The van der Waals surface area contributed by atoms with Crippen LogP contribution in [0.15, 0.2) is 50.4 Å². The van der Waals surface area contributed by atoms with Gasteiger partial charge in [0.05, 0.1) is 28.8 Å². The number of benzene rings is 2. The zero-order valence-corrected chi connectivity index (χ0v) is 16.4. The van der Waals surface area contributed by atoms with Crippen molar-refractivity contribution >= 4 is 49.7 Å². The molecule has 24 heavy (non-hydrogen) atoms. The van der Waals surface area contributed by atoms with Gasteiger partial charge in [0.25, 0.3) is 5.91 Å². The van der Waals surface area contributed by atoms with Gasteiger partial charge in [0, 0.05) is 5.69 Å². The Balaban J connectivity index is 1.87. The number of nitrogens with zero attached hydrogens (tertiary/aromatic N) is 1. The lowest BCUT2D eigenvalue weighted by Crippen LogP contribution is -2.25. The molecule has 0 aliphatic carbocycles. The molecule has 0 spiro atoms. The minimum Gasteiger partial charge on any atom is -0.494 e. The summed E-state index contributed by atoms with van der Waals surface area (Å²) in [5.74, 6) is 0.483. The SMILES string of the molecule is COc1c(Br)cc(C=NNC(=O)CNc2ccc(C)cc2)cc1Br. The third-order valence-electron chi connectivity index (χ3n) is 3.13. The summed E-state index contributed by atoms with van der Waals surface area (Å²) in [6.45, 7) is 2.16. The zero-order valence-electron chi connectivity index (χ0n) is 13.3. The van der Waals surface area contributed by atoms with E-state index in [1.807, 2.05) is 43.3 Å². The Morgan fingerprint density at radius 1 is 1.21 bits per heavy atom. The highest BCUT2D eigenvalue weighted by Crippen LogP contribution is 2.33. The van der Waals surface area contributed by atoms with Crippen LogP contribution in [0.3, 0.4) is 0 Å². The van der Waals surface area contributed by atoms with Gasteiger partial charge in [0.2, 0.25) is 0 Å². The Morgan fingerprint density at radius 2 is 1.83 bits per heavy atom. The maximum atomic E-state index is 11.8. The Hall–Kier alpha value is -1.86. The number of halogens is 2. The maximum Gasteiger partial charge on any atom is 0.259 e. The Labute approximate surface area is 157 Å². The van der Waals surface area contributed by atoms with E-state index in [-0.39, 0.29) is 12.5 Å². The molecule has 0 radical (unpaired) electrons. The smallest absolute Gasteiger partial charge is 0.259 e. The molecule has 0 bridgehead atoms. The first-order valence-corrected chi connectivity index (χ1v) is 8.73. The maximum absolute atomic E-state index is 11.8. The molecule has 7 heteroatoms. The van der Waals surface area contributed by atoms with Gasteiger partial charge in [-0.3, -0.25) is 4.79 Å². The lowest BCUT2D eigenvalue weighted by molar-refractivity contribution is -0.119. The van der Waals surface area contributed by atoms with E-state index in [1.54, 1.807) is 13.3 Å². The van der Waals surface area contributed by atoms with Gasteiger partial charge in [-0.2, -0.15) is 5.10 Å². The van der Waals surface area contributed by atoms with E-state index >= 15 is 0 Å². The van der Waals surface area contributed by atoms with Crippen molar-refractivity contribution in [2.24, 2.45) is 5.10 Å². The molecule has 126 valence electrons. The highest BCUT2D eigenvalue weighted by atomic mass is 79.9. The van der Waals surface area contributed by atoms with E-state index in [2.05, 4.69) is 47.7 Å². The molecule has 0 fully saturated rings. The molecule has 0 aliphatic heterocycles. The highest BCUT2D eigenvalue weighted by molar-refractivity contribution is 9.11. The van der Waals surface area contributed by atoms with Crippen LogP contribution in [0.25, 0.3) is 0 Å². The van der Waals surface area contributed by atoms with Crippen LogP contribution in [-0.2, 0) is 4.79 Å². The Morgan fingerprint density at radius 3 is 2.42 bits per heavy atom. The first-order chi connectivity index (χ1) is 11.5. The van der Waals surface area contributed by atoms with Crippen LogP contribution >= 0.6 is 31.9 Å². The number of carbonyl (C=O) groups is 1. The number of rotatable bonds is 6. The van der Waals surface area contributed by atoms with Crippen molar-refractivity contribution in [3.63, 3.8) is 0 Å². The summed E-state index contributed by atoms with van der Waals surface area (Å²) in [5.41, 5.74) is 5.37. The molecule has 2 aromatic rings. The van der Waals surface area contributed by atoms with Crippen LogP contribution in [0, 0.1) is 6.92 Å². The van der Waals surface area contributed by atoms with Crippen LogP contribution < -0.4 is 15.5 Å². The molecule has 0 heterocycles. The Kier molecular flexibility index (Phi) is 6.81. The van der Waals surface area contributed by atoms with Gasteiger partial charge in [-0.15, -0.1) is 0 Å². The number of anilines is 1. The number of aryl methyl sites for hydroxylation is 1. The number of methoxy groups -OCH3 is 1. The largest absolute Gasteiger partial charge is 0.494 e. The molecular formula is C17H17Br2N3O2. The van der Waals surface area contributed by atoms with Gasteiger partial charge < -0.3 is 10.1 Å². The van der Waals surface area contributed by atoms with E-state index in [4.69, 9.17) is 4.74 Å². The van der Waals surface area contributed by atoms with E-state index in [0.717, 1.165) is 20.2 Å². The number of amides is 1. The van der Waals surface area contributed by atoms with Gasteiger partial charge in [0.1, 0.15) is 5.75 Å². The number of hydrazone groups is 1. The fourth-order valence-corrected chi connectivity index (χ4v) is 3.47. The summed E-state index contributed by atoms with van der Waals surface area (Å²) in [5, 5.41) is 6.99. The third-order valence-corrected chi connectivity index (χ3v) is 4.31. The average molecular weight is 455 g/mol. The first kappa shape index (κ1) is 18.5. The van der Waals surface area contributed by atoms with Gasteiger partial charge in [-0.1, -0.05) is 17.7 Å². The standard InChI is InChI=1S/C17H17Br2N3O2/c1-11-3-5-13(6-4-11)20-10-16(23)22-21-9-12-7-14(18)17(24-2)15(19)8-12/h3-9,20H,10H2,1-2H3,(H,22,23). The molecule has 2 N–H and O–H groups in total. The van der Waals surface area contributed by atoms with Crippen molar-refractivity contribution in [2.75, 3.05) is 19.0 Å². The number of nitrogens with one attached hydrogen (secondary N) is 2. The molecule has 1 amide bonds. The summed E-state index contributed by atoms with van der Waals surface area (Å²) < 4.78 is 6.84. The fourth-order valence-electron chi connectivity index (χ4n) is 1.92. The number of hydrogen-bond acceptors (Lipinski definition) is 4. The van der Waals surface area contributed by atoms with Gasteiger partial charge in [-0.25, -0.2) is 5.43 Å². The van der Waals surface area contributed by atoms with Crippen molar-refractivity contribution in [2.45, 2.75) is 6.92 Å². The number of carbonyl (C=O) groups excluding carboxylic acids is 1. The number of ether oxygens (including phenoxy) is 1. The molecule has 2 aromatic carbocycles. The predicted molar refractivity (Wildman–Crippen MR) is 104 cm³/mol. The van der Waals surface area contributed by atoms with Gasteiger partial charge >= 0.3 is 0 Å². The summed E-state index contributed by atoms with van der Waals surface area (Å²) in [4.78, 5) is 11.8.